The van der Waals surface area contributed by atoms with E-state index < -0.39 is 6.61 Å². The molecule has 202 valence electrons. The first-order valence-electron chi connectivity index (χ1n) is 13.1. The fraction of sp³-hybridized carbons (Fsp3) is 0.464. The highest BCUT2D eigenvalue weighted by Crippen LogP contribution is 2.26. The van der Waals surface area contributed by atoms with Crippen LogP contribution in [0.25, 0.3) is 11.4 Å². The largest absolute Gasteiger partial charge is 0.435 e. The van der Waals surface area contributed by atoms with Crippen LogP contribution < -0.4 is 15.0 Å². The highest BCUT2D eigenvalue weighted by Gasteiger charge is 2.29. The van der Waals surface area contributed by atoms with Crippen molar-refractivity contribution >= 4 is 11.9 Å². The molecule has 5 rings (SSSR count). The molecule has 0 aliphatic carbocycles. The van der Waals surface area contributed by atoms with Gasteiger partial charge in [-0.25, -0.2) is 0 Å². The Morgan fingerprint density at radius 1 is 1.08 bits per heavy atom. The van der Waals surface area contributed by atoms with E-state index >= 15 is 0 Å². The molecule has 0 bridgehead atoms. The Morgan fingerprint density at radius 2 is 1.82 bits per heavy atom. The summed E-state index contributed by atoms with van der Waals surface area (Å²) in [7, 11) is 0. The molecule has 2 aromatic carbocycles. The maximum Gasteiger partial charge on any atom is 0.387 e. The van der Waals surface area contributed by atoms with Gasteiger partial charge in [-0.15, -0.1) is 0 Å². The summed E-state index contributed by atoms with van der Waals surface area (Å²) in [5.74, 6) is 1.02. The Kier molecular flexibility index (Phi) is 8.17. The Balaban J connectivity index is 1.04. The average Bonchev–Trinajstić information content (AvgIpc) is 3.59. The van der Waals surface area contributed by atoms with Crippen LogP contribution in [0.2, 0.25) is 0 Å². The van der Waals surface area contributed by atoms with Gasteiger partial charge in [-0.3, -0.25) is 9.69 Å². The van der Waals surface area contributed by atoms with Crippen molar-refractivity contribution in [2.24, 2.45) is 11.8 Å². The number of piperidine rings is 1. The molecule has 1 N–H and O–H groups in total. The molecule has 3 aromatic rings. The van der Waals surface area contributed by atoms with Crippen LogP contribution in [-0.4, -0.2) is 60.3 Å². The van der Waals surface area contributed by atoms with E-state index in [0.717, 1.165) is 32.6 Å². The first-order chi connectivity index (χ1) is 18.4. The summed E-state index contributed by atoms with van der Waals surface area (Å²) >= 11 is 0. The first-order valence-corrected chi connectivity index (χ1v) is 13.1. The molecule has 0 spiro atoms. The van der Waals surface area contributed by atoms with Gasteiger partial charge in [-0.05, 0) is 68.5 Å². The molecule has 1 unspecified atom stereocenters. The second kappa shape index (κ2) is 11.9. The van der Waals surface area contributed by atoms with E-state index in [0.29, 0.717) is 49.3 Å². The number of likely N-dealkylation sites (tertiary alicyclic amines) is 1. The van der Waals surface area contributed by atoms with Crippen LogP contribution in [0, 0.1) is 18.8 Å². The number of carbonyl (C=O) groups excluding carboxylic acids is 1. The molecular weight excluding hydrogens is 492 g/mol. The third-order valence-corrected chi connectivity index (χ3v) is 7.35. The number of nitrogens with one attached hydrogen (secondary N) is 1. The molecular formula is C28H33F2N5O3. The zero-order chi connectivity index (χ0) is 26.5. The molecule has 0 radical (unpaired) electrons. The van der Waals surface area contributed by atoms with E-state index in [4.69, 9.17) is 4.52 Å². The van der Waals surface area contributed by atoms with Crippen LogP contribution in [0.3, 0.4) is 0 Å². The molecule has 0 saturated carbocycles. The normalized spacial score (nSPS) is 18.7. The number of halogens is 2. The van der Waals surface area contributed by atoms with Gasteiger partial charge in [0.2, 0.25) is 11.7 Å². The lowest BCUT2D eigenvalue weighted by Gasteiger charge is -2.30. The smallest absolute Gasteiger partial charge is 0.387 e. The fourth-order valence-corrected chi connectivity index (χ4v) is 5.14. The number of hydrogen-bond donors (Lipinski definition) is 1. The monoisotopic (exact) mass is 525 g/mol. The van der Waals surface area contributed by atoms with Crippen LogP contribution in [-0.2, 0) is 11.3 Å². The maximum absolute atomic E-state index is 12.8. The third-order valence-electron chi connectivity index (χ3n) is 7.35. The summed E-state index contributed by atoms with van der Waals surface area (Å²) in [6, 6.07) is 15.2. The Bertz CT molecular complexity index is 1190. The predicted octanol–water partition coefficient (Wildman–Crippen LogP) is 4.50. The Hall–Kier alpha value is -3.53. The van der Waals surface area contributed by atoms with Crippen molar-refractivity contribution < 1.29 is 22.8 Å². The summed E-state index contributed by atoms with van der Waals surface area (Å²) in [6.45, 7) is 4.27. The van der Waals surface area contributed by atoms with E-state index in [1.54, 1.807) is 12.1 Å². The molecule has 2 aliphatic rings. The highest BCUT2D eigenvalue weighted by molar-refractivity contribution is 5.79. The number of benzene rings is 2. The van der Waals surface area contributed by atoms with Gasteiger partial charge in [0.25, 0.3) is 0 Å². The van der Waals surface area contributed by atoms with Gasteiger partial charge in [-0.2, -0.15) is 13.8 Å². The van der Waals surface area contributed by atoms with E-state index in [-0.39, 0.29) is 17.6 Å². The van der Waals surface area contributed by atoms with Gasteiger partial charge in [0.1, 0.15) is 5.75 Å². The molecule has 8 nitrogen and oxygen atoms in total. The van der Waals surface area contributed by atoms with Crippen molar-refractivity contribution in [3.63, 3.8) is 0 Å². The second-order valence-electron chi connectivity index (χ2n) is 10.2. The number of rotatable bonds is 9. The van der Waals surface area contributed by atoms with Crippen LogP contribution in [0.15, 0.2) is 53.1 Å². The number of ether oxygens (including phenoxy) is 1. The molecule has 3 heterocycles. The molecule has 2 fully saturated rings. The van der Waals surface area contributed by atoms with Crippen molar-refractivity contribution in [2.75, 3.05) is 37.6 Å². The minimum Gasteiger partial charge on any atom is -0.435 e. The van der Waals surface area contributed by atoms with Gasteiger partial charge in [0, 0.05) is 44.2 Å². The van der Waals surface area contributed by atoms with E-state index in [9.17, 15) is 13.6 Å². The molecule has 2 saturated heterocycles. The Labute approximate surface area is 221 Å². The second-order valence-corrected chi connectivity index (χ2v) is 10.2. The highest BCUT2D eigenvalue weighted by atomic mass is 19.3. The van der Waals surface area contributed by atoms with Crippen LogP contribution in [0.4, 0.5) is 14.8 Å². The topological polar surface area (TPSA) is 83.7 Å². The van der Waals surface area contributed by atoms with Crippen LogP contribution in [0.5, 0.6) is 5.75 Å². The van der Waals surface area contributed by atoms with Crippen molar-refractivity contribution in [3.05, 3.63) is 59.7 Å². The zero-order valence-corrected chi connectivity index (χ0v) is 21.5. The number of aromatic nitrogens is 2. The van der Waals surface area contributed by atoms with E-state index in [1.807, 2.05) is 4.90 Å². The van der Waals surface area contributed by atoms with Gasteiger partial charge in [-0.1, -0.05) is 35.0 Å². The average molecular weight is 526 g/mol. The predicted molar refractivity (Wildman–Crippen MR) is 139 cm³/mol. The number of alkyl halides is 2. The van der Waals surface area contributed by atoms with Gasteiger partial charge >= 0.3 is 12.6 Å². The maximum atomic E-state index is 12.8. The molecule has 10 heteroatoms. The summed E-state index contributed by atoms with van der Waals surface area (Å²) < 4.78 is 34.5. The minimum atomic E-state index is -2.87. The SMILES string of the molecule is Cc1ccc(CN2CCC(CNC(=O)C3CCN(c4nc(-c5ccc(OC(F)F)cc5)no4)CC3)C2)cc1. The summed E-state index contributed by atoms with van der Waals surface area (Å²) in [4.78, 5) is 21.7. The third kappa shape index (κ3) is 6.66. The van der Waals surface area contributed by atoms with E-state index in [1.165, 1.54) is 23.3 Å². The molecule has 38 heavy (non-hydrogen) atoms. The van der Waals surface area contributed by atoms with Crippen molar-refractivity contribution in [1.82, 2.24) is 20.4 Å². The lowest BCUT2D eigenvalue weighted by atomic mass is 9.96. The van der Waals surface area contributed by atoms with Crippen molar-refractivity contribution in [1.29, 1.82) is 0 Å². The standard InChI is InChI=1S/C28H33F2N5O3/c1-19-2-4-20(5-3-19)17-34-13-10-21(18-34)16-31-26(36)23-11-14-35(15-12-23)28-32-25(33-38-28)22-6-8-24(9-7-22)37-27(29)30/h2-9,21,23,27H,10-18H2,1H3,(H,31,36). The number of anilines is 1. The van der Waals surface area contributed by atoms with Gasteiger partial charge in [0.15, 0.2) is 0 Å². The number of nitrogens with zero attached hydrogens (tertiary/aromatic N) is 4. The Morgan fingerprint density at radius 3 is 2.53 bits per heavy atom. The zero-order valence-electron chi connectivity index (χ0n) is 21.5. The van der Waals surface area contributed by atoms with E-state index in [2.05, 4.69) is 56.3 Å². The number of aryl methyl sites for hydroxylation is 1. The fourth-order valence-electron chi connectivity index (χ4n) is 5.14. The van der Waals surface area contributed by atoms with Gasteiger partial charge in [0.05, 0.1) is 0 Å². The summed E-state index contributed by atoms with van der Waals surface area (Å²) in [6.07, 6.45) is 2.53. The number of carbonyl (C=O) groups is 1. The first kappa shape index (κ1) is 26.1. The lowest BCUT2D eigenvalue weighted by molar-refractivity contribution is -0.125. The summed E-state index contributed by atoms with van der Waals surface area (Å²) in [5.41, 5.74) is 3.24. The molecule has 1 aromatic heterocycles. The summed E-state index contributed by atoms with van der Waals surface area (Å²) in [5, 5.41) is 7.21. The van der Waals surface area contributed by atoms with Crippen molar-refractivity contribution in [3.8, 4) is 17.1 Å². The number of amides is 1. The van der Waals surface area contributed by atoms with Crippen molar-refractivity contribution in [2.45, 2.75) is 39.3 Å². The van der Waals surface area contributed by atoms with Crippen LogP contribution >= 0.6 is 0 Å². The van der Waals surface area contributed by atoms with Crippen LogP contribution in [0.1, 0.15) is 30.4 Å². The quantitative estimate of drug-likeness (QED) is 0.440. The molecule has 1 amide bonds. The molecule has 2 aliphatic heterocycles. The lowest BCUT2D eigenvalue weighted by Crippen LogP contribution is -2.42. The minimum absolute atomic E-state index is 0.0268. The number of hydrogen-bond acceptors (Lipinski definition) is 7. The molecule has 1 atom stereocenters. The van der Waals surface area contributed by atoms with Gasteiger partial charge < -0.3 is 19.5 Å².